The average Bonchev–Trinajstić information content (AvgIpc) is 3.10. The van der Waals surface area contributed by atoms with Gasteiger partial charge in [-0.05, 0) is 66.4 Å². The first-order chi connectivity index (χ1) is 22.8. The van der Waals surface area contributed by atoms with E-state index < -0.39 is 6.04 Å². The lowest BCUT2D eigenvalue weighted by molar-refractivity contribution is -0.127. The molecule has 250 valence electrons. The summed E-state index contributed by atoms with van der Waals surface area (Å²) in [6.07, 6.45) is 5.69. The minimum absolute atomic E-state index is 0.00782. The number of amides is 3. The van der Waals surface area contributed by atoms with E-state index in [0.717, 1.165) is 37.9 Å². The maximum atomic E-state index is 14.2. The van der Waals surface area contributed by atoms with Crippen molar-refractivity contribution in [3.05, 3.63) is 95.6 Å². The Morgan fingerprint density at radius 1 is 1.00 bits per heavy atom. The van der Waals surface area contributed by atoms with Crippen molar-refractivity contribution in [2.45, 2.75) is 45.2 Å². The zero-order valence-corrected chi connectivity index (χ0v) is 27.6. The zero-order chi connectivity index (χ0) is 33.6. The van der Waals surface area contributed by atoms with Crippen molar-refractivity contribution in [1.29, 1.82) is 0 Å². The summed E-state index contributed by atoms with van der Waals surface area (Å²) in [6, 6.07) is 20.5. The smallest absolute Gasteiger partial charge is 0.254 e. The number of morpholine rings is 1. The van der Waals surface area contributed by atoms with Gasteiger partial charge in [0, 0.05) is 43.9 Å². The molecule has 0 radical (unpaired) electrons. The summed E-state index contributed by atoms with van der Waals surface area (Å²) >= 11 is 0. The van der Waals surface area contributed by atoms with Crippen LogP contribution in [-0.4, -0.2) is 80.1 Å². The average molecular weight is 642 g/mol. The Morgan fingerprint density at radius 2 is 1.70 bits per heavy atom. The summed E-state index contributed by atoms with van der Waals surface area (Å²) in [7, 11) is 1.58. The number of rotatable bonds is 15. The van der Waals surface area contributed by atoms with Crippen molar-refractivity contribution in [2.75, 3.05) is 57.6 Å². The maximum absolute atomic E-state index is 14.2. The summed E-state index contributed by atoms with van der Waals surface area (Å²) in [5, 5.41) is 6.01. The molecule has 0 saturated carbocycles. The SMILES string of the molecule is CCCC(CC)NC(=O)C(c1ccc(/C=C/C(=O)Nc2ccccc2N)cc1)N(CCN1CCOCC1)C(=O)c1ccc(OC)cc1. The molecule has 3 aromatic rings. The molecule has 2 atom stereocenters. The first-order valence-electron chi connectivity index (χ1n) is 16.3. The monoisotopic (exact) mass is 641 g/mol. The topological polar surface area (TPSA) is 126 Å². The van der Waals surface area contributed by atoms with Crippen molar-refractivity contribution < 1.29 is 23.9 Å². The van der Waals surface area contributed by atoms with E-state index in [4.69, 9.17) is 15.2 Å². The fourth-order valence-corrected chi connectivity index (χ4v) is 5.55. The van der Waals surface area contributed by atoms with Crippen LogP contribution in [0.15, 0.2) is 78.9 Å². The van der Waals surface area contributed by atoms with Gasteiger partial charge in [0.1, 0.15) is 11.8 Å². The number of hydrogen-bond donors (Lipinski definition) is 3. The number of methoxy groups -OCH3 is 1. The summed E-state index contributed by atoms with van der Waals surface area (Å²) in [5.74, 6) is -0.140. The highest BCUT2D eigenvalue weighted by Gasteiger charge is 2.33. The van der Waals surface area contributed by atoms with Gasteiger partial charge < -0.3 is 30.7 Å². The molecule has 0 aromatic heterocycles. The Kier molecular flexibility index (Phi) is 13.4. The number of benzene rings is 3. The van der Waals surface area contributed by atoms with Crippen LogP contribution in [0.3, 0.4) is 0 Å². The van der Waals surface area contributed by atoms with Crippen LogP contribution in [0.4, 0.5) is 11.4 Å². The number of carbonyl (C=O) groups excluding carboxylic acids is 3. The van der Waals surface area contributed by atoms with Gasteiger partial charge in [-0.25, -0.2) is 0 Å². The molecule has 2 unspecified atom stereocenters. The molecule has 1 aliphatic heterocycles. The number of nitrogens with zero attached hydrogens (tertiary/aromatic N) is 2. The van der Waals surface area contributed by atoms with Crippen LogP contribution < -0.4 is 21.1 Å². The van der Waals surface area contributed by atoms with Gasteiger partial charge in [-0.2, -0.15) is 0 Å². The second-order valence-electron chi connectivity index (χ2n) is 11.6. The van der Waals surface area contributed by atoms with Crippen molar-refractivity contribution in [2.24, 2.45) is 0 Å². The largest absolute Gasteiger partial charge is 0.497 e. The molecule has 4 N–H and O–H groups in total. The minimum Gasteiger partial charge on any atom is -0.497 e. The molecule has 10 nitrogen and oxygen atoms in total. The third-order valence-electron chi connectivity index (χ3n) is 8.29. The van der Waals surface area contributed by atoms with Gasteiger partial charge >= 0.3 is 0 Å². The van der Waals surface area contributed by atoms with Gasteiger partial charge in [-0.1, -0.05) is 56.7 Å². The molecule has 0 bridgehead atoms. The lowest BCUT2D eigenvalue weighted by atomic mass is 9.99. The van der Waals surface area contributed by atoms with Gasteiger partial charge in [0.15, 0.2) is 0 Å². The molecule has 1 fully saturated rings. The highest BCUT2D eigenvalue weighted by molar-refractivity contribution is 6.03. The number of carbonyl (C=O) groups is 3. The van der Waals surface area contributed by atoms with Crippen molar-refractivity contribution in [3.8, 4) is 5.75 Å². The maximum Gasteiger partial charge on any atom is 0.254 e. The third kappa shape index (κ3) is 10.2. The molecular formula is C37H47N5O5. The predicted molar refractivity (Wildman–Crippen MR) is 186 cm³/mol. The number of anilines is 2. The Hall–Kier alpha value is -4.67. The number of nitrogen functional groups attached to an aromatic ring is 1. The van der Waals surface area contributed by atoms with Gasteiger partial charge in [-0.3, -0.25) is 19.3 Å². The quantitative estimate of drug-likeness (QED) is 0.155. The molecule has 4 rings (SSSR count). The Bertz CT molecular complexity index is 1490. The molecular weight excluding hydrogens is 594 g/mol. The number of ether oxygens (including phenoxy) is 2. The second-order valence-corrected chi connectivity index (χ2v) is 11.6. The van der Waals surface area contributed by atoms with Crippen LogP contribution in [0.5, 0.6) is 5.75 Å². The predicted octanol–water partition coefficient (Wildman–Crippen LogP) is 5.14. The number of hydrogen-bond acceptors (Lipinski definition) is 7. The zero-order valence-electron chi connectivity index (χ0n) is 27.6. The fourth-order valence-electron chi connectivity index (χ4n) is 5.55. The summed E-state index contributed by atoms with van der Waals surface area (Å²) in [4.78, 5) is 44.9. The molecule has 0 aliphatic carbocycles. The second kappa shape index (κ2) is 17.9. The van der Waals surface area contributed by atoms with Crippen molar-refractivity contribution >= 4 is 35.2 Å². The van der Waals surface area contributed by atoms with Gasteiger partial charge in [0.05, 0.1) is 31.7 Å². The van der Waals surface area contributed by atoms with Crippen molar-refractivity contribution in [1.82, 2.24) is 15.1 Å². The molecule has 0 spiro atoms. The fraction of sp³-hybridized carbons (Fsp3) is 0.378. The molecule has 1 saturated heterocycles. The first kappa shape index (κ1) is 35.2. The van der Waals surface area contributed by atoms with Crippen LogP contribution in [0, 0.1) is 0 Å². The van der Waals surface area contributed by atoms with E-state index in [1.54, 1.807) is 66.6 Å². The summed E-state index contributed by atoms with van der Waals surface area (Å²) < 4.78 is 10.8. The van der Waals surface area contributed by atoms with Crippen LogP contribution in [0.25, 0.3) is 6.08 Å². The van der Waals surface area contributed by atoms with Crippen LogP contribution >= 0.6 is 0 Å². The highest BCUT2D eigenvalue weighted by atomic mass is 16.5. The third-order valence-corrected chi connectivity index (χ3v) is 8.29. The van der Waals surface area contributed by atoms with Gasteiger partial charge in [0.2, 0.25) is 11.8 Å². The summed E-state index contributed by atoms with van der Waals surface area (Å²) in [6.45, 7) is 7.89. The molecule has 10 heteroatoms. The number of nitrogens with one attached hydrogen (secondary N) is 2. The normalized spacial score (nSPS) is 14.7. The molecule has 1 aliphatic rings. The lowest BCUT2D eigenvalue weighted by Gasteiger charge is -2.35. The van der Waals surface area contributed by atoms with E-state index in [9.17, 15) is 14.4 Å². The van der Waals surface area contributed by atoms with E-state index in [2.05, 4.69) is 29.4 Å². The standard InChI is InChI=1S/C37H47N5O5/c1-4-8-30(5-2)39-36(44)35(28-14-11-27(12-15-28)13-20-34(43)40-33-10-7-6-9-32(33)38)42(22-21-41-23-25-47-26-24-41)37(45)29-16-18-31(46-3)19-17-29/h6-7,9-20,30,35H,4-5,8,21-26,38H2,1-3H3,(H,39,44)(H,40,43)/b20-13+. The van der Waals surface area contributed by atoms with Gasteiger partial charge in [-0.15, -0.1) is 0 Å². The van der Waals surface area contributed by atoms with E-state index in [1.807, 2.05) is 24.3 Å². The minimum atomic E-state index is -0.876. The Morgan fingerprint density at radius 3 is 2.34 bits per heavy atom. The van der Waals surface area contributed by atoms with Crippen LogP contribution in [0.2, 0.25) is 0 Å². The Balaban J connectivity index is 1.64. The molecule has 47 heavy (non-hydrogen) atoms. The molecule has 1 heterocycles. The van der Waals surface area contributed by atoms with E-state index in [1.165, 1.54) is 6.08 Å². The van der Waals surface area contributed by atoms with E-state index in [0.29, 0.717) is 54.6 Å². The highest BCUT2D eigenvalue weighted by Crippen LogP contribution is 2.26. The summed E-state index contributed by atoms with van der Waals surface area (Å²) in [5.41, 5.74) is 8.88. The number of nitrogens with two attached hydrogens (primary N) is 1. The van der Waals surface area contributed by atoms with Gasteiger partial charge in [0.25, 0.3) is 5.91 Å². The lowest BCUT2D eigenvalue weighted by Crippen LogP contribution is -2.49. The van der Waals surface area contributed by atoms with E-state index in [-0.39, 0.29) is 23.8 Å². The van der Waals surface area contributed by atoms with Crippen molar-refractivity contribution in [3.63, 3.8) is 0 Å². The molecule has 3 amide bonds. The van der Waals surface area contributed by atoms with Crippen LogP contribution in [0.1, 0.15) is 60.6 Å². The molecule has 3 aromatic carbocycles. The Labute approximate surface area is 277 Å². The van der Waals surface area contributed by atoms with E-state index >= 15 is 0 Å². The number of para-hydroxylation sites is 2. The van der Waals surface area contributed by atoms with Crippen LogP contribution in [-0.2, 0) is 14.3 Å². The first-order valence-corrected chi connectivity index (χ1v) is 16.3.